The maximum atomic E-state index is 10.5. The Balaban J connectivity index is 1.75. The van der Waals surface area contributed by atoms with Crippen molar-refractivity contribution in [2.75, 3.05) is 25.0 Å². The van der Waals surface area contributed by atoms with E-state index in [-0.39, 0.29) is 5.41 Å². The van der Waals surface area contributed by atoms with Crippen LogP contribution in [0.2, 0.25) is 0 Å². The molecule has 4 heteroatoms. The van der Waals surface area contributed by atoms with Crippen molar-refractivity contribution in [1.82, 2.24) is 5.32 Å². The predicted molar refractivity (Wildman–Crippen MR) is 85.8 cm³/mol. The number of aromatic hydroxyl groups is 1. The highest BCUT2D eigenvalue weighted by Gasteiger charge is 2.52. The monoisotopic (exact) mass is 300 g/mol. The molecule has 2 aliphatic carbocycles. The summed E-state index contributed by atoms with van der Waals surface area (Å²) < 4.78 is 5.99. The number of fused-ring (bicyclic) bond motifs is 3. The molecule has 4 aliphatic rings. The van der Waals surface area contributed by atoms with E-state index in [2.05, 4.69) is 16.7 Å². The molecule has 0 amide bonds. The number of hydrogen-bond donors (Lipinski definition) is 3. The van der Waals surface area contributed by atoms with E-state index in [4.69, 9.17) is 4.74 Å². The van der Waals surface area contributed by atoms with Crippen molar-refractivity contribution in [2.45, 2.75) is 50.0 Å². The lowest BCUT2D eigenvalue weighted by atomic mass is 9.52. The molecular formula is C18H24N2O2. The van der Waals surface area contributed by atoms with Gasteiger partial charge in [0.2, 0.25) is 0 Å². The highest BCUT2D eigenvalue weighted by Crippen LogP contribution is 2.57. The number of phenols is 1. The SMILES string of the molecule is Oc1cc2c(c3c1NCCO3)C[C@@H]1NCC[C@]23CCCC[C@H]13. The molecule has 0 aromatic heterocycles. The summed E-state index contributed by atoms with van der Waals surface area (Å²) in [7, 11) is 0. The van der Waals surface area contributed by atoms with E-state index in [9.17, 15) is 5.11 Å². The van der Waals surface area contributed by atoms with Crippen molar-refractivity contribution in [3.05, 3.63) is 17.2 Å². The molecule has 1 aromatic rings. The molecule has 3 atom stereocenters. The molecule has 1 aromatic carbocycles. The zero-order valence-electron chi connectivity index (χ0n) is 13.0. The van der Waals surface area contributed by atoms with Gasteiger partial charge in [-0.25, -0.2) is 0 Å². The summed E-state index contributed by atoms with van der Waals surface area (Å²) in [5.41, 5.74) is 3.84. The summed E-state index contributed by atoms with van der Waals surface area (Å²) in [6.07, 6.45) is 7.52. The number of phenolic OH excluding ortho intramolecular Hbond substituents is 1. The maximum Gasteiger partial charge on any atom is 0.149 e. The number of rotatable bonds is 0. The number of nitrogens with one attached hydrogen (secondary N) is 2. The van der Waals surface area contributed by atoms with Gasteiger partial charge >= 0.3 is 0 Å². The molecule has 1 saturated heterocycles. The number of piperidine rings is 1. The van der Waals surface area contributed by atoms with Gasteiger partial charge in [0.05, 0.1) is 0 Å². The van der Waals surface area contributed by atoms with Gasteiger partial charge in [-0.15, -0.1) is 0 Å². The van der Waals surface area contributed by atoms with Crippen LogP contribution in [0.1, 0.15) is 43.2 Å². The van der Waals surface area contributed by atoms with Gasteiger partial charge in [0.15, 0.2) is 0 Å². The Morgan fingerprint density at radius 1 is 1.23 bits per heavy atom. The minimum absolute atomic E-state index is 0.273. The first-order valence-corrected chi connectivity index (χ1v) is 8.79. The molecule has 0 unspecified atom stereocenters. The van der Waals surface area contributed by atoms with Crippen molar-refractivity contribution in [2.24, 2.45) is 5.92 Å². The third-order valence-electron chi connectivity index (χ3n) is 6.54. The summed E-state index contributed by atoms with van der Waals surface area (Å²) in [5, 5.41) is 17.6. The molecule has 2 heterocycles. The van der Waals surface area contributed by atoms with Crippen LogP contribution in [0.15, 0.2) is 6.07 Å². The maximum absolute atomic E-state index is 10.5. The van der Waals surface area contributed by atoms with Gasteiger partial charge in [-0.05, 0) is 49.8 Å². The average Bonchev–Trinajstić information content (AvgIpc) is 2.56. The standard InChI is InChI=1S/C18H24N2O2/c21-15-10-13-11(17-16(15)20-7-8-22-17)9-14-12-3-1-2-4-18(12,13)5-6-19-14/h10,12,14,19-21H,1-9H2/t12-,14+,18+/m1/s1. The van der Waals surface area contributed by atoms with E-state index < -0.39 is 0 Å². The second-order valence-corrected chi connectivity index (χ2v) is 7.42. The van der Waals surface area contributed by atoms with E-state index in [1.807, 2.05) is 0 Å². The number of benzene rings is 1. The largest absolute Gasteiger partial charge is 0.506 e. The number of hydrogen-bond acceptors (Lipinski definition) is 4. The smallest absolute Gasteiger partial charge is 0.149 e. The normalized spacial score (nSPS) is 35.5. The van der Waals surface area contributed by atoms with E-state index in [0.29, 0.717) is 18.4 Å². The molecule has 1 saturated carbocycles. The van der Waals surface area contributed by atoms with Crippen LogP contribution in [0.5, 0.6) is 11.5 Å². The lowest BCUT2D eigenvalue weighted by Crippen LogP contribution is -2.59. The average molecular weight is 300 g/mol. The molecule has 2 aliphatic heterocycles. The zero-order valence-corrected chi connectivity index (χ0v) is 13.0. The van der Waals surface area contributed by atoms with Crippen molar-refractivity contribution < 1.29 is 9.84 Å². The van der Waals surface area contributed by atoms with Gasteiger partial charge in [0.25, 0.3) is 0 Å². The second kappa shape index (κ2) is 4.54. The summed E-state index contributed by atoms with van der Waals surface area (Å²) in [5.74, 6) is 2.04. The van der Waals surface area contributed by atoms with Crippen molar-refractivity contribution >= 4 is 5.69 Å². The molecule has 4 nitrogen and oxygen atoms in total. The van der Waals surface area contributed by atoms with Crippen molar-refractivity contribution in [3.63, 3.8) is 0 Å². The van der Waals surface area contributed by atoms with Crippen molar-refractivity contribution in [1.29, 1.82) is 0 Å². The molecule has 0 spiro atoms. The lowest BCUT2D eigenvalue weighted by Gasteiger charge is -2.56. The van der Waals surface area contributed by atoms with Crippen LogP contribution in [-0.4, -0.2) is 30.8 Å². The Hall–Kier alpha value is -1.42. The lowest BCUT2D eigenvalue weighted by molar-refractivity contribution is 0.0782. The fraction of sp³-hybridized carbons (Fsp3) is 0.667. The Morgan fingerprint density at radius 3 is 3.14 bits per heavy atom. The van der Waals surface area contributed by atoms with E-state index in [0.717, 1.165) is 36.9 Å². The molecule has 2 fully saturated rings. The molecule has 118 valence electrons. The first-order valence-electron chi connectivity index (χ1n) is 8.79. The molecule has 22 heavy (non-hydrogen) atoms. The van der Waals surface area contributed by atoms with Crippen LogP contribution in [0, 0.1) is 5.92 Å². The fourth-order valence-electron chi connectivity index (χ4n) is 5.68. The predicted octanol–water partition coefficient (Wildman–Crippen LogP) is 2.54. The Labute approximate surface area is 131 Å². The van der Waals surface area contributed by atoms with Crippen LogP contribution in [0.3, 0.4) is 0 Å². The Kier molecular flexibility index (Phi) is 2.70. The first kappa shape index (κ1) is 13.1. The van der Waals surface area contributed by atoms with Gasteiger partial charge in [-0.3, -0.25) is 0 Å². The quantitative estimate of drug-likeness (QED) is 0.645. The summed E-state index contributed by atoms with van der Waals surface area (Å²) in [4.78, 5) is 0. The van der Waals surface area contributed by atoms with Crippen LogP contribution in [0.4, 0.5) is 5.69 Å². The van der Waals surface area contributed by atoms with Crippen LogP contribution < -0.4 is 15.4 Å². The van der Waals surface area contributed by atoms with Gasteiger partial charge in [0.1, 0.15) is 23.8 Å². The van der Waals surface area contributed by atoms with Gasteiger partial charge in [0, 0.05) is 23.6 Å². The third-order valence-corrected chi connectivity index (χ3v) is 6.54. The van der Waals surface area contributed by atoms with Gasteiger partial charge in [-0.2, -0.15) is 0 Å². The van der Waals surface area contributed by atoms with Crippen LogP contribution >= 0.6 is 0 Å². The second-order valence-electron chi connectivity index (χ2n) is 7.42. The third kappa shape index (κ3) is 1.56. The molecule has 2 bridgehead atoms. The number of ether oxygens (including phenoxy) is 1. The topological polar surface area (TPSA) is 53.5 Å². The summed E-state index contributed by atoms with van der Waals surface area (Å²) in [6, 6.07) is 2.65. The van der Waals surface area contributed by atoms with Crippen LogP contribution in [0.25, 0.3) is 0 Å². The molecular weight excluding hydrogens is 276 g/mol. The highest BCUT2D eigenvalue weighted by molar-refractivity contribution is 5.73. The van der Waals surface area contributed by atoms with Crippen molar-refractivity contribution in [3.8, 4) is 11.5 Å². The minimum Gasteiger partial charge on any atom is -0.506 e. The molecule has 5 rings (SSSR count). The first-order chi connectivity index (χ1) is 10.8. The van der Waals surface area contributed by atoms with E-state index >= 15 is 0 Å². The van der Waals surface area contributed by atoms with Gasteiger partial charge in [-0.1, -0.05) is 12.8 Å². The van der Waals surface area contributed by atoms with E-state index in [1.165, 1.54) is 43.2 Å². The van der Waals surface area contributed by atoms with Crippen LogP contribution in [-0.2, 0) is 11.8 Å². The number of anilines is 1. The highest BCUT2D eigenvalue weighted by atomic mass is 16.5. The molecule has 0 radical (unpaired) electrons. The molecule has 3 N–H and O–H groups in total. The summed E-state index contributed by atoms with van der Waals surface area (Å²) >= 11 is 0. The van der Waals surface area contributed by atoms with Gasteiger partial charge < -0.3 is 20.5 Å². The summed E-state index contributed by atoms with van der Waals surface area (Å²) in [6.45, 7) is 2.57. The Bertz CT molecular complexity index is 626. The fourth-order valence-corrected chi connectivity index (χ4v) is 5.68. The minimum atomic E-state index is 0.273. The Morgan fingerprint density at radius 2 is 2.18 bits per heavy atom. The van der Waals surface area contributed by atoms with E-state index in [1.54, 1.807) is 0 Å². The zero-order chi connectivity index (χ0) is 14.7.